The first-order chi connectivity index (χ1) is 9.01. The average Bonchev–Trinajstić information content (AvgIpc) is 2.36. The van der Waals surface area contributed by atoms with Crippen LogP contribution in [0.25, 0.3) is 0 Å². The smallest absolute Gasteiger partial charge is 0.179 e. The van der Waals surface area contributed by atoms with Crippen molar-refractivity contribution in [2.24, 2.45) is 0 Å². The summed E-state index contributed by atoms with van der Waals surface area (Å²) in [4.78, 5) is 0.182. The van der Waals surface area contributed by atoms with Gasteiger partial charge in [-0.3, -0.25) is 0 Å². The summed E-state index contributed by atoms with van der Waals surface area (Å²) < 4.78 is 24.1. The Kier molecular flexibility index (Phi) is 4.20. The molecule has 0 atom stereocenters. The Morgan fingerprint density at radius 2 is 2.16 bits per heavy atom. The van der Waals surface area contributed by atoms with Crippen LogP contribution in [0.3, 0.4) is 0 Å². The number of aliphatic hydroxyl groups is 1. The highest BCUT2D eigenvalue weighted by Gasteiger charge is 2.26. The van der Waals surface area contributed by atoms with Gasteiger partial charge in [0.2, 0.25) is 0 Å². The van der Waals surface area contributed by atoms with E-state index in [2.05, 4.69) is 5.32 Å². The number of sulfone groups is 1. The van der Waals surface area contributed by atoms with Gasteiger partial charge in [0.25, 0.3) is 0 Å². The number of hydrogen-bond donors (Lipinski definition) is 2. The van der Waals surface area contributed by atoms with Crippen LogP contribution in [0.5, 0.6) is 0 Å². The first-order valence-electron chi connectivity index (χ1n) is 6.15. The van der Waals surface area contributed by atoms with E-state index < -0.39 is 9.84 Å². The predicted octanol–water partition coefficient (Wildman–Crippen LogP) is 0.445. The van der Waals surface area contributed by atoms with Gasteiger partial charge in [-0.2, -0.15) is 5.26 Å². The molecule has 1 aliphatic rings. The van der Waals surface area contributed by atoms with Crippen molar-refractivity contribution in [3.8, 4) is 6.07 Å². The zero-order chi connectivity index (χ0) is 13.9. The number of benzene rings is 1. The van der Waals surface area contributed by atoms with Crippen molar-refractivity contribution in [1.82, 2.24) is 5.32 Å². The number of nitrogens with one attached hydrogen (secondary N) is 1. The van der Waals surface area contributed by atoms with Crippen LogP contribution < -0.4 is 5.32 Å². The van der Waals surface area contributed by atoms with Gasteiger partial charge in [0.1, 0.15) is 0 Å². The number of nitrogens with zero attached hydrogens (tertiary/aromatic N) is 1. The molecule has 0 heterocycles. The van der Waals surface area contributed by atoms with Gasteiger partial charge in [0, 0.05) is 12.6 Å². The molecule has 1 aliphatic carbocycles. The topological polar surface area (TPSA) is 90.2 Å². The maximum atomic E-state index is 12.1. The lowest BCUT2D eigenvalue weighted by Crippen LogP contribution is -2.45. The third kappa shape index (κ3) is 3.53. The van der Waals surface area contributed by atoms with Crippen LogP contribution in [-0.4, -0.2) is 38.0 Å². The van der Waals surface area contributed by atoms with Crippen LogP contribution in [0.2, 0.25) is 0 Å². The summed E-state index contributed by atoms with van der Waals surface area (Å²) in [5, 5.41) is 21.0. The molecule has 0 aromatic heterocycles. The maximum Gasteiger partial charge on any atom is 0.179 e. The zero-order valence-corrected chi connectivity index (χ0v) is 11.2. The fourth-order valence-electron chi connectivity index (χ4n) is 2.03. The van der Waals surface area contributed by atoms with Gasteiger partial charge in [0.15, 0.2) is 9.84 Å². The first-order valence-corrected chi connectivity index (χ1v) is 7.81. The minimum Gasteiger partial charge on any atom is -0.393 e. The summed E-state index contributed by atoms with van der Waals surface area (Å²) in [5.74, 6) is -0.00548. The molecule has 0 saturated heterocycles. The molecular formula is C13H16N2O3S. The zero-order valence-electron chi connectivity index (χ0n) is 10.4. The van der Waals surface area contributed by atoms with Crippen molar-refractivity contribution >= 4 is 9.84 Å². The van der Waals surface area contributed by atoms with E-state index in [1.165, 1.54) is 12.1 Å². The lowest BCUT2D eigenvalue weighted by atomic mass is 9.90. The number of hydrogen-bond acceptors (Lipinski definition) is 5. The van der Waals surface area contributed by atoms with E-state index in [4.69, 9.17) is 10.4 Å². The summed E-state index contributed by atoms with van der Waals surface area (Å²) >= 11 is 0. The van der Waals surface area contributed by atoms with Crippen molar-refractivity contribution < 1.29 is 13.5 Å². The van der Waals surface area contributed by atoms with Crippen molar-refractivity contribution in [3.05, 3.63) is 29.8 Å². The summed E-state index contributed by atoms with van der Waals surface area (Å²) in [6.07, 6.45) is 1.12. The second-order valence-corrected chi connectivity index (χ2v) is 6.84. The molecular weight excluding hydrogens is 264 g/mol. The van der Waals surface area contributed by atoms with E-state index in [9.17, 15) is 8.42 Å². The molecule has 5 nitrogen and oxygen atoms in total. The highest BCUT2D eigenvalue weighted by Crippen LogP contribution is 2.19. The summed E-state index contributed by atoms with van der Waals surface area (Å²) in [6, 6.07) is 8.19. The van der Waals surface area contributed by atoms with Crippen LogP contribution in [-0.2, 0) is 9.84 Å². The van der Waals surface area contributed by atoms with Crippen LogP contribution in [0.4, 0.5) is 0 Å². The lowest BCUT2D eigenvalue weighted by Gasteiger charge is -2.32. The second-order valence-electron chi connectivity index (χ2n) is 4.73. The minimum absolute atomic E-state index is 0.00548. The monoisotopic (exact) mass is 280 g/mol. The Morgan fingerprint density at radius 1 is 1.42 bits per heavy atom. The molecule has 0 unspecified atom stereocenters. The first kappa shape index (κ1) is 14.0. The van der Waals surface area contributed by atoms with Gasteiger partial charge in [-0.05, 0) is 31.0 Å². The normalized spacial score (nSPS) is 22.5. The SMILES string of the molecule is N#Cc1cccc(S(=O)(=O)CCNC2CC(O)C2)c1. The molecule has 1 fully saturated rings. The Balaban J connectivity index is 1.92. The highest BCUT2D eigenvalue weighted by atomic mass is 32.2. The molecule has 102 valence electrons. The summed E-state index contributed by atoms with van der Waals surface area (Å²) in [7, 11) is -3.36. The molecule has 1 aromatic rings. The molecule has 2 N–H and O–H groups in total. The van der Waals surface area contributed by atoms with Gasteiger partial charge in [-0.15, -0.1) is 0 Å². The molecule has 0 amide bonds. The fourth-order valence-corrected chi connectivity index (χ4v) is 3.24. The van der Waals surface area contributed by atoms with Crippen molar-refractivity contribution in [3.63, 3.8) is 0 Å². The molecule has 0 bridgehead atoms. The van der Waals surface area contributed by atoms with Crippen molar-refractivity contribution in [2.45, 2.75) is 29.9 Å². The van der Waals surface area contributed by atoms with E-state index in [0.29, 0.717) is 24.9 Å². The Bertz CT molecular complexity index is 586. The molecule has 0 radical (unpaired) electrons. The molecule has 0 spiro atoms. The van der Waals surface area contributed by atoms with Gasteiger partial charge >= 0.3 is 0 Å². The largest absolute Gasteiger partial charge is 0.393 e. The van der Waals surface area contributed by atoms with E-state index in [1.54, 1.807) is 12.1 Å². The van der Waals surface area contributed by atoms with Crippen LogP contribution in [0, 0.1) is 11.3 Å². The minimum atomic E-state index is -3.36. The Morgan fingerprint density at radius 3 is 2.79 bits per heavy atom. The Hall–Kier alpha value is -1.42. The molecule has 2 rings (SSSR count). The third-order valence-electron chi connectivity index (χ3n) is 3.24. The molecule has 6 heteroatoms. The second kappa shape index (κ2) is 5.70. The van der Waals surface area contributed by atoms with Crippen molar-refractivity contribution in [2.75, 3.05) is 12.3 Å². The lowest BCUT2D eigenvalue weighted by molar-refractivity contribution is 0.0635. The van der Waals surface area contributed by atoms with E-state index in [-0.39, 0.29) is 22.8 Å². The standard InChI is InChI=1S/C13H16N2O3S/c14-9-10-2-1-3-13(6-10)19(17,18)5-4-15-11-7-12(16)8-11/h1-3,6,11-12,15-16H,4-5,7-8H2. The van der Waals surface area contributed by atoms with E-state index in [0.717, 1.165) is 0 Å². The predicted molar refractivity (Wildman–Crippen MR) is 70.2 cm³/mol. The Labute approximate surface area is 112 Å². The summed E-state index contributed by atoms with van der Waals surface area (Å²) in [6.45, 7) is 0.358. The van der Waals surface area contributed by atoms with E-state index >= 15 is 0 Å². The van der Waals surface area contributed by atoms with Gasteiger partial charge in [-0.1, -0.05) is 6.07 Å². The van der Waals surface area contributed by atoms with Crippen LogP contribution in [0.15, 0.2) is 29.2 Å². The molecule has 0 aliphatic heterocycles. The fraction of sp³-hybridized carbons (Fsp3) is 0.462. The number of nitriles is 1. The number of rotatable bonds is 5. The van der Waals surface area contributed by atoms with Crippen LogP contribution >= 0.6 is 0 Å². The van der Waals surface area contributed by atoms with E-state index in [1.807, 2.05) is 6.07 Å². The highest BCUT2D eigenvalue weighted by molar-refractivity contribution is 7.91. The average molecular weight is 280 g/mol. The number of aliphatic hydroxyl groups excluding tert-OH is 1. The van der Waals surface area contributed by atoms with Crippen LogP contribution in [0.1, 0.15) is 18.4 Å². The maximum absolute atomic E-state index is 12.1. The third-order valence-corrected chi connectivity index (χ3v) is 4.95. The summed E-state index contributed by atoms with van der Waals surface area (Å²) in [5.41, 5.74) is 0.344. The molecule has 1 saturated carbocycles. The van der Waals surface area contributed by atoms with Crippen molar-refractivity contribution in [1.29, 1.82) is 5.26 Å². The van der Waals surface area contributed by atoms with Gasteiger partial charge in [-0.25, -0.2) is 8.42 Å². The molecule has 19 heavy (non-hydrogen) atoms. The quantitative estimate of drug-likeness (QED) is 0.817. The molecule has 1 aromatic carbocycles. The van der Waals surface area contributed by atoms with Gasteiger partial charge < -0.3 is 10.4 Å². The van der Waals surface area contributed by atoms with Gasteiger partial charge in [0.05, 0.1) is 28.4 Å².